The minimum absolute atomic E-state index is 0.275. The first kappa shape index (κ1) is 10.2. The number of benzene rings is 1. The van der Waals surface area contributed by atoms with E-state index < -0.39 is 0 Å². The third-order valence-electron chi connectivity index (χ3n) is 1.36. The summed E-state index contributed by atoms with van der Waals surface area (Å²) in [5, 5.41) is 2.89. The summed E-state index contributed by atoms with van der Waals surface area (Å²) in [7, 11) is 1.82. The Labute approximate surface area is 85.5 Å². The normalized spacial score (nSPS) is 9.15. The summed E-state index contributed by atoms with van der Waals surface area (Å²) in [6.45, 7) is 0.605. The van der Waals surface area contributed by atoms with Gasteiger partial charge in [-0.05, 0) is 25.2 Å². The molecule has 0 aliphatic heterocycles. The number of nitrogens with one attached hydrogen (secondary N) is 1. The van der Waals surface area contributed by atoms with Crippen molar-refractivity contribution in [1.29, 1.82) is 0 Å². The van der Waals surface area contributed by atoms with Crippen LogP contribution < -0.4 is 5.32 Å². The van der Waals surface area contributed by atoms with E-state index in [9.17, 15) is 4.39 Å². The molecule has 0 spiro atoms. The molecule has 1 N–H and O–H groups in total. The van der Waals surface area contributed by atoms with Crippen LogP contribution >= 0.6 is 15.9 Å². The molecule has 0 radical (unpaired) electrons. The van der Waals surface area contributed by atoms with Gasteiger partial charge in [0.2, 0.25) is 0 Å². The zero-order chi connectivity index (χ0) is 9.68. The van der Waals surface area contributed by atoms with Crippen molar-refractivity contribution in [2.24, 2.45) is 0 Å². The molecule has 0 fully saturated rings. The summed E-state index contributed by atoms with van der Waals surface area (Å²) < 4.78 is 13.5. The Bertz CT molecular complexity index is 331. The molecule has 0 aliphatic carbocycles. The fraction of sp³-hybridized carbons (Fsp3) is 0.200. The average Bonchev–Trinajstić information content (AvgIpc) is 2.03. The molecule has 1 nitrogen and oxygen atoms in total. The molecule has 0 atom stereocenters. The maximum Gasteiger partial charge on any atom is 0.125 e. The monoisotopic (exact) mass is 241 g/mol. The zero-order valence-electron chi connectivity index (χ0n) is 7.20. The van der Waals surface area contributed by atoms with E-state index in [4.69, 9.17) is 0 Å². The molecule has 0 amide bonds. The Morgan fingerprint density at radius 2 is 2.23 bits per heavy atom. The second kappa shape index (κ2) is 5.00. The smallest absolute Gasteiger partial charge is 0.125 e. The van der Waals surface area contributed by atoms with Crippen LogP contribution in [0.1, 0.15) is 5.56 Å². The molecule has 1 aromatic carbocycles. The molecular formula is C10H9BrFN. The third-order valence-corrected chi connectivity index (χ3v) is 1.82. The Morgan fingerprint density at radius 1 is 1.46 bits per heavy atom. The second-order valence-corrected chi connectivity index (χ2v) is 3.41. The topological polar surface area (TPSA) is 12.0 Å². The first-order chi connectivity index (χ1) is 6.22. The first-order valence-corrected chi connectivity index (χ1v) is 4.61. The molecule has 3 heteroatoms. The fourth-order valence-electron chi connectivity index (χ4n) is 0.861. The van der Waals surface area contributed by atoms with Crippen LogP contribution in [0.3, 0.4) is 0 Å². The molecule has 0 bridgehead atoms. The van der Waals surface area contributed by atoms with Crippen molar-refractivity contribution in [3.8, 4) is 11.8 Å². The van der Waals surface area contributed by atoms with Gasteiger partial charge in [-0.1, -0.05) is 27.8 Å². The summed E-state index contributed by atoms with van der Waals surface area (Å²) in [6, 6.07) is 4.60. The Balaban J connectivity index is 2.85. The molecule has 1 rings (SSSR count). The Kier molecular flexibility index (Phi) is 3.94. The van der Waals surface area contributed by atoms with Crippen LogP contribution in [-0.2, 0) is 0 Å². The van der Waals surface area contributed by atoms with Crippen molar-refractivity contribution in [2.75, 3.05) is 13.6 Å². The van der Waals surface area contributed by atoms with Crippen LogP contribution in [0.15, 0.2) is 22.7 Å². The van der Waals surface area contributed by atoms with Crippen LogP contribution in [0.5, 0.6) is 0 Å². The molecule has 0 saturated carbocycles. The minimum Gasteiger partial charge on any atom is -0.309 e. The zero-order valence-corrected chi connectivity index (χ0v) is 8.78. The van der Waals surface area contributed by atoms with E-state index in [1.54, 1.807) is 6.07 Å². The largest absolute Gasteiger partial charge is 0.309 e. The lowest BCUT2D eigenvalue weighted by molar-refractivity contribution is 0.626. The van der Waals surface area contributed by atoms with Gasteiger partial charge >= 0.3 is 0 Å². The average molecular weight is 242 g/mol. The van der Waals surface area contributed by atoms with Gasteiger partial charge in [-0.3, -0.25) is 0 Å². The molecular weight excluding hydrogens is 233 g/mol. The fourth-order valence-corrected chi connectivity index (χ4v) is 1.33. The number of hydrogen-bond donors (Lipinski definition) is 1. The minimum atomic E-state index is -0.275. The first-order valence-electron chi connectivity index (χ1n) is 3.82. The van der Waals surface area contributed by atoms with Gasteiger partial charge in [0.1, 0.15) is 5.82 Å². The van der Waals surface area contributed by atoms with Gasteiger partial charge in [0, 0.05) is 10.0 Å². The van der Waals surface area contributed by atoms with Crippen LogP contribution in [0.2, 0.25) is 0 Å². The molecule has 13 heavy (non-hydrogen) atoms. The molecule has 0 aromatic heterocycles. The lowest BCUT2D eigenvalue weighted by Crippen LogP contribution is -2.04. The van der Waals surface area contributed by atoms with E-state index in [0.717, 1.165) is 0 Å². The summed E-state index contributed by atoms with van der Waals surface area (Å²) in [4.78, 5) is 0. The molecule has 0 saturated heterocycles. The third kappa shape index (κ3) is 3.58. The summed E-state index contributed by atoms with van der Waals surface area (Å²) in [5.74, 6) is 5.43. The predicted octanol–water partition coefficient (Wildman–Crippen LogP) is 2.16. The lowest BCUT2D eigenvalue weighted by Gasteiger charge is -1.93. The SMILES string of the molecule is CNCC#Cc1cc(F)cc(Br)c1. The van der Waals surface area contributed by atoms with Gasteiger partial charge < -0.3 is 5.32 Å². The maximum atomic E-state index is 12.8. The maximum absolute atomic E-state index is 12.8. The van der Waals surface area contributed by atoms with Crippen LogP contribution in [0.4, 0.5) is 4.39 Å². The van der Waals surface area contributed by atoms with E-state index in [-0.39, 0.29) is 5.82 Å². The van der Waals surface area contributed by atoms with Crippen LogP contribution in [0.25, 0.3) is 0 Å². The van der Waals surface area contributed by atoms with Gasteiger partial charge in [-0.25, -0.2) is 4.39 Å². The van der Waals surface area contributed by atoms with Crippen LogP contribution in [-0.4, -0.2) is 13.6 Å². The highest BCUT2D eigenvalue weighted by molar-refractivity contribution is 9.10. The van der Waals surface area contributed by atoms with Crippen molar-refractivity contribution in [2.45, 2.75) is 0 Å². The highest BCUT2D eigenvalue weighted by Gasteiger charge is 1.94. The second-order valence-electron chi connectivity index (χ2n) is 2.49. The van der Waals surface area contributed by atoms with Gasteiger partial charge in [-0.2, -0.15) is 0 Å². The molecule has 0 aliphatic rings. The summed E-state index contributed by atoms with van der Waals surface area (Å²) in [5.41, 5.74) is 0.683. The molecule has 0 heterocycles. The Hall–Kier alpha value is -0.850. The van der Waals surface area contributed by atoms with Crippen LogP contribution in [0, 0.1) is 17.7 Å². The van der Waals surface area contributed by atoms with E-state index in [1.165, 1.54) is 12.1 Å². The number of halogens is 2. The van der Waals surface area contributed by atoms with Crippen molar-refractivity contribution in [3.63, 3.8) is 0 Å². The highest BCUT2D eigenvalue weighted by Crippen LogP contribution is 2.13. The highest BCUT2D eigenvalue weighted by atomic mass is 79.9. The molecule has 0 unspecified atom stereocenters. The standard InChI is InChI=1S/C10H9BrFN/c1-13-4-2-3-8-5-9(11)7-10(12)6-8/h5-7,13H,4H2,1H3. The van der Waals surface area contributed by atoms with Gasteiger partial charge in [-0.15, -0.1) is 0 Å². The van der Waals surface area contributed by atoms with Crippen molar-refractivity contribution in [1.82, 2.24) is 5.32 Å². The predicted molar refractivity (Wildman–Crippen MR) is 54.9 cm³/mol. The number of rotatable bonds is 1. The quantitative estimate of drug-likeness (QED) is 0.744. The van der Waals surface area contributed by atoms with Gasteiger partial charge in [0.25, 0.3) is 0 Å². The van der Waals surface area contributed by atoms with Gasteiger partial charge in [0.15, 0.2) is 0 Å². The Morgan fingerprint density at radius 3 is 2.85 bits per heavy atom. The van der Waals surface area contributed by atoms with Gasteiger partial charge in [0.05, 0.1) is 6.54 Å². The summed E-state index contributed by atoms with van der Waals surface area (Å²) >= 11 is 3.20. The van der Waals surface area contributed by atoms with E-state index >= 15 is 0 Å². The van der Waals surface area contributed by atoms with E-state index in [0.29, 0.717) is 16.6 Å². The number of hydrogen-bond acceptors (Lipinski definition) is 1. The lowest BCUT2D eigenvalue weighted by atomic mass is 10.2. The van der Waals surface area contributed by atoms with Crippen molar-refractivity contribution in [3.05, 3.63) is 34.1 Å². The van der Waals surface area contributed by atoms with E-state index in [2.05, 4.69) is 33.1 Å². The molecule has 1 aromatic rings. The van der Waals surface area contributed by atoms with E-state index in [1.807, 2.05) is 7.05 Å². The molecule has 68 valence electrons. The van der Waals surface area contributed by atoms with Crippen molar-refractivity contribution >= 4 is 15.9 Å². The van der Waals surface area contributed by atoms with Crippen molar-refractivity contribution < 1.29 is 4.39 Å². The summed E-state index contributed by atoms with van der Waals surface area (Å²) in [6.07, 6.45) is 0.